The Hall–Kier alpha value is -2.21. The van der Waals surface area contributed by atoms with Gasteiger partial charge < -0.3 is 15.5 Å². The lowest BCUT2D eigenvalue weighted by atomic mass is 10.1. The van der Waals surface area contributed by atoms with Gasteiger partial charge in [0, 0.05) is 5.56 Å². The van der Waals surface area contributed by atoms with Crippen molar-refractivity contribution in [1.82, 2.24) is 5.32 Å². The van der Waals surface area contributed by atoms with Gasteiger partial charge in [-0.15, -0.1) is 0 Å². The van der Waals surface area contributed by atoms with Gasteiger partial charge in [-0.2, -0.15) is 0 Å². The largest absolute Gasteiger partial charge is 0.479 e. The van der Waals surface area contributed by atoms with Crippen molar-refractivity contribution >= 4 is 17.7 Å². The summed E-state index contributed by atoms with van der Waals surface area (Å²) in [5.74, 6) is -1.86. The Labute approximate surface area is 116 Å². The van der Waals surface area contributed by atoms with E-state index in [0.29, 0.717) is 11.1 Å². The number of hydrogen-bond acceptors (Lipinski definition) is 4. The molecule has 1 aromatic carbocycles. The summed E-state index contributed by atoms with van der Waals surface area (Å²) >= 11 is 0. The molecule has 1 amide bonds. The molecule has 0 aromatic heterocycles. The molecule has 0 radical (unpaired) electrons. The van der Waals surface area contributed by atoms with Gasteiger partial charge >= 0.3 is 5.97 Å². The molecule has 1 atom stereocenters. The standard InChI is InChI=1S/C14H17NO5/c1-9(16)11-5-3-10(4-6-11)7-12(17)15-8-14(2,20)13(18)19/h3-6,20H,7-8H2,1-2H3,(H,15,17)(H,18,19). The van der Waals surface area contributed by atoms with Gasteiger partial charge in [0.15, 0.2) is 11.4 Å². The first-order valence-electron chi connectivity index (χ1n) is 6.05. The quantitative estimate of drug-likeness (QED) is 0.653. The number of amides is 1. The highest BCUT2D eigenvalue weighted by Gasteiger charge is 2.30. The zero-order chi connectivity index (χ0) is 15.3. The lowest BCUT2D eigenvalue weighted by Crippen LogP contribution is -2.46. The summed E-state index contributed by atoms with van der Waals surface area (Å²) in [7, 11) is 0. The van der Waals surface area contributed by atoms with Crippen LogP contribution in [0.4, 0.5) is 0 Å². The summed E-state index contributed by atoms with van der Waals surface area (Å²) in [6.45, 7) is 2.19. The van der Waals surface area contributed by atoms with Crippen LogP contribution < -0.4 is 5.32 Å². The summed E-state index contributed by atoms with van der Waals surface area (Å²) in [5, 5.41) is 20.5. The van der Waals surface area contributed by atoms with Crippen molar-refractivity contribution in [3.05, 3.63) is 35.4 Å². The monoisotopic (exact) mass is 279 g/mol. The fourth-order valence-electron chi connectivity index (χ4n) is 1.45. The third-order valence-corrected chi connectivity index (χ3v) is 2.82. The van der Waals surface area contributed by atoms with Crippen LogP contribution >= 0.6 is 0 Å². The Morgan fingerprint density at radius 2 is 1.75 bits per heavy atom. The Kier molecular flexibility index (Phi) is 4.99. The molecule has 1 unspecified atom stereocenters. The second-order valence-electron chi connectivity index (χ2n) is 4.79. The van der Waals surface area contributed by atoms with E-state index in [0.717, 1.165) is 6.92 Å². The molecule has 1 aromatic rings. The van der Waals surface area contributed by atoms with Gasteiger partial charge in [-0.25, -0.2) is 4.79 Å². The molecule has 0 saturated carbocycles. The normalized spacial score (nSPS) is 13.3. The van der Waals surface area contributed by atoms with Gasteiger partial charge in [0.25, 0.3) is 0 Å². The molecule has 1 rings (SSSR count). The molecule has 6 heteroatoms. The number of hydrogen-bond donors (Lipinski definition) is 3. The number of carboxylic acids is 1. The Balaban J connectivity index is 2.54. The SMILES string of the molecule is CC(=O)c1ccc(CC(=O)NCC(C)(O)C(=O)O)cc1. The summed E-state index contributed by atoms with van der Waals surface area (Å²) in [6, 6.07) is 6.56. The van der Waals surface area contributed by atoms with Gasteiger partial charge in [0.05, 0.1) is 13.0 Å². The van der Waals surface area contributed by atoms with Crippen LogP contribution in [0.5, 0.6) is 0 Å². The number of ketones is 1. The van der Waals surface area contributed by atoms with E-state index in [2.05, 4.69) is 5.32 Å². The highest BCUT2D eigenvalue weighted by molar-refractivity contribution is 5.94. The molecule has 0 saturated heterocycles. The van der Waals surface area contributed by atoms with Crippen molar-refractivity contribution in [2.24, 2.45) is 0 Å². The molecule has 0 fully saturated rings. The van der Waals surface area contributed by atoms with Crippen LogP contribution in [0.3, 0.4) is 0 Å². The molecule has 20 heavy (non-hydrogen) atoms. The smallest absolute Gasteiger partial charge is 0.337 e. The first kappa shape index (κ1) is 15.8. The third kappa shape index (κ3) is 4.47. The average molecular weight is 279 g/mol. The molecule has 3 N–H and O–H groups in total. The van der Waals surface area contributed by atoms with E-state index in [1.54, 1.807) is 24.3 Å². The Morgan fingerprint density at radius 3 is 2.20 bits per heavy atom. The van der Waals surface area contributed by atoms with Gasteiger partial charge in [0.2, 0.25) is 5.91 Å². The maximum atomic E-state index is 11.6. The van der Waals surface area contributed by atoms with Gasteiger partial charge in [-0.3, -0.25) is 9.59 Å². The predicted molar refractivity (Wildman–Crippen MR) is 71.4 cm³/mol. The van der Waals surface area contributed by atoms with Crippen LogP contribution in [0.1, 0.15) is 29.8 Å². The summed E-state index contributed by atoms with van der Waals surface area (Å²) in [6.07, 6.45) is 0.0495. The summed E-state index contributed by atoms with van der Waals surface area (Å²) < 4.78 is 0. The fraction of sp³-hybridized carbons (Fsp3) is 0.357. The lowest BCUT2D eigenvalue weighted by Gasteiger charge is -2.18. The first-order valence-corrected chi connectivity index (χ1v) is 6.05. The maximum Gasteiger partial charge on any atom is 0.337 e. The predicted octanol–water partition coefficient (Wildman–Crippen LogP) is 0.383. The molecule has 0 heterocycles. The van der Waals surface area contributed by atoms with Crippen LogP contribution in [-0.4, -0.2) is 40.0 Å². The van der Waals surface area contributed by atoms with Crippen molar-refractivity contribution in [2.45, 2.75) is 25.9 Å². The zero-order valence-electron chi connectivity index (χ0n) is 11.3. The van der Waals surface area contributed by atoms with E-state index < -0.39 is 17.5 Å². The van der Waals surface area contributed by atoms with E-state index in [4.69, 9.17) is 5.11 Å². The zero-order valence-corrected chi connectivity index (χ0v) is 11.3. The highest BCUT2D eigenvalue weighted by atomic mass is 16.4. The number of benzene rings is 1. The number of nitrogens with one attached hydrogen (secondary N) is 1. The van der Waals surface area contributed by atoms with Crippen molar-refractivity contribution in [2.75, 3.05) is 6.54 Å². The second kappa shape index (κ2) is 6.29. The fourth-order valence-corrected chi connectivity index (χ4v) is 1.45. The summed E-state index contributed by atoms with van der Waals surface area (Å²) in [5.41, 5.74) is -0.737. The van der Waals surface area contributed by atoms with Crippen molar-refractivity contribution < 1.29 is 24.6 Å². The number of carbonyl (C=O) groups excluding carboxylic acids is 2. The van der Waals surface area contributed by atoms with Gasteiger partial charge in [0.1, 0.15) is 0 Å². The minimum atomic E-state index is -1.99. The van der Waals surface area contributed by atoms with Crippen LogP contribution in [-0.2, 0) is 16.0 Å². The number of carbonyl (C=O) groups is 3. The molecule has 0 spiro atoms. The van der Waals surface area contributed by atoms with E-state index in [1.807, 2.05) is 0 Å². The molecule has 6 nitrogen and oxygen atoms in total. The van der Waals surface area contributed by atoms with Gasteiger partial charge in [-0.05, 0) is 19.4 Å². The van der Waals surface area contributed by atoms with Crippen molar-refractivity contribution in [3.63, 3.8) is 0 Å². The summed E-state index contributed by atoms with van der Waals surface area (Å²) in [4.78, 5) is 33.4. The third-order valence-electron chi connectivity index (χ3n) is 2.82. The van der Waals surface area contributed by atoms with Gasteiger partial charge in [-0.1, -0.05) is 24.3 Å². The molecule has 0 bridgehead atoms. The van der Waals surface area contributed by atoms with E-state index in [-0.39, 0.29) is 18.7 Å². The van der Waals surface area contributed by atoms with Crippen LogP contribution in [0.15, 0.2) is 24.3 Å². The molecular formula is C14H17NO5. The highest BCUT2D eigenvalue weighted by Crippen LogP contribution is 2.06. The number of rotatable bonds is 6. The van der Waals surface area contributed by atoms with Crippen molar-refractivity contribution in [1.29, 1.82) is 0 Å². The number of carboxylic acid groups (broad SMARTS) is 1. The topological polar surface area (TPSA) is 104 Å². The van der Waals surface area contributed by atoms with Crippen molar-refractivity contribution in [3.8, 4) is 0 Å². The minimum Gasteiger partial charge on any atom is -0.479 e. The average Bonchev–Trinajstić information content (AvgIpc) is 2.37. The minimum absolute atomic E-state index is 0.0495. The molecule has 0 aliphatic heterocycles. The van der Waals surface area contributed by atoms with Crippen LogP contribution in [0.25, 0.3) is 0 Å². The number of Topliss-reactive ketones (excluding diaryl/α,β-unsaturated/α-hetero) is 1. The first-order chi connectivity index (χ1) is 9.22. The lowest BCUT2D eigenvalue weighted by molar-refractivity contribution is -0.156. The Bertz CT molecular complexity index is 519. The molecule has 0 aliphatic rings. The molecular weight excluding hydrogens is 262 g/mol. The molecule has 108 valence electrons. The second-order valence-corrected chi connectivity index (χ2v) is 4.79. The van der Waals surface area contributed by atoms with E-state index in [9.17, 15) is 19.5 Å². The van der Waals surface area contributed by atoms with Crippen LogP contribution in [0, 0.1) is 0 Å². The van der Waals surface area contributed by atoms with E-state index in [1.165, 1.54) is 6.92 Å². The molecule has 0 aliphatic carbocycles. The number of aliphatic hydroxyl groups is 1. The number of aliphatic carboxylic acids is 1. The Morgan fingerprint density at radius 1 is 1.20 bits per heavy atom. The maximum absolute atomic E-state index is 11.6. The van der Waals surface area contributed by atoms with Crippen LogP contribution in [0.2, 0.25) is 0 Å². The van der Waals surface area contributed by atoms with E-state index >= 15 is 0 Å².